The topological polar surface area (TPSA) is 9.23 Å². The van der Waals surface area contributed by atoms with E-state index < -0.39 is 0 Å². The molecule has 2 heteroatoms. The fourth-order valence-electron chi connectivity index (χ4n) is 0.658. The van der Waals surface area contributed by atoms with Crippen LogP contribution in [0.5, 0.6) is 0 Å². The van der Waals surface area contributed by atoms with Crippen molar-refractivity contribution in [2.75, 3.05) is 7.11 Å². The number of allylic oxidation sites excluding steroid dienone is 4. The van der Waals surface area contributed by atoms with Crippen LogP contribution in [-0.2, 0) is 4.74 Å². The lowest BCUT2D eigenvalue weighted by atomic mass is 10.1. The molecule has 1 radical (unpaired) electrons. The van der Waals surface area contributed by atoms with Crippen LogP contribution in [0.2, 0.25) is 0 Å². The van der Waals surface area contributed by atoms with Gasteiger partial charge in [-0.25, -0.2) is 4.39 Å². The van der Waals surface area contributed by atoms with E-state index in [0.717, 1.165) is 5.76 Å². The van der Waals surface area contributed by atoms with Crippen molar-refractivity contribution in [3.8, 4) is 0 Å². The van der Waals surface area contributed by atoms with Gasteiger partial charge in [0.25, 0.3) is 0 Å². The lowest BCUT2D eigenvalue weighted by molar-refractivity contribution is 0.295. The molecule has 1 aliphatic rings. The van der Waals surface area contributed by atoms with E-state index in [1.807, 2.05) is 0 Å². The van der Waals surface area contributed by atoms with Crippen molar-refractivity contribution in [2.24, 2.45) is 0 Å². The van der Waals surface area contributed by atoms with Gasteiger partial charge in [0.05, 0.1) is 12.9 Å². The molecule has 0 atom stereocenters. The molecule has 49 valence electrons. The smallest absolute Gasteiger partial charge is 0.101 e. The van der Waals surface area contributed by atoms with E-state index in [1.54, 1.807) is 19.6 Å². The normalized spacial score (nSPS) is 18.4. The van der Waals surface area contributed by atoms with Crippen LogP contribution in [0.1, 0.15) is 6.42 Å². The maximum atomic E-state index is 12.2. The summed E-state index contributed by atoms with van der Waals surface area (Å²) in [6, 6.07) is 0. The number of hydrogen-bond acceptors (Lipinski definition) is 1. The van der Waals surface area contributed by atoms with Crippen molar-refractivity contribution in [3.63, 3.8) is 0 Å². The molecule has 0 amide bonds. The van der Waals surface area contributed by atoms with Crippen molar-refractivity contribution >= 4 is 0 Å². The molecule has 0 unspecified atom stereocenters. The average Bonchev–Trinajstić information content (AvgIpc) is 1.90. The molecule has 0 heterocycles. The summed E-state index contributed by atoms with van der Waals surface area (Å²) in [6.45, 7) is 0. The molecule has 0 aromatic carbocycles. The zero-order valence-corrected chi connectivity index (χ0v) is 5.23. The molecule has 0 saturated heterocycles. The number of hydrogen-bond donors (Lipinski definition) is 0. The number of halogens is 1. The Kier molecular flexibility index (Phi) is 1.88. The second-order valence-corrected chi connectivity index (χ2v) is 1.79. The molecule has 0 aliphatic heterocycles. The summed E-state index contributed by atoms with van der Waals surface area (Å²) in [7, 11) is 1.57. The summed E-state index contributed by atoms with van der Waals surface area (Å²) in [6.07, 6.45) is 5.09. The van der Waals surface area contributed by atoms with Gasteiger partial charge >= 0.3 is 0 Å². The van der Waals surface area contributed by atoms with E-state index in [2.05, 4.69) is 0 Å². The van der Waals surface area contributed by atoms with Crippen LogP contribution >= 0.6 is 0 Å². The predicted molar refractivity (Wildman–Crippen MR) is 33.2 cm³/mol. The standard InChI is InChI=1S/C7H8FO/c1-9-7-4-2-6(8)3-5-7/h2,4-5H,3H2,1H3. The average molecular weight is 127 g/mol. The third kappa shape index (κ3) is 1.56. The molecule has 0 aromatic heterocycles. The minimum Gasteiger partial charge on any atom is -0.501 e. The fourth-order valence-corrected chi connectivity index (χ4v) is 0.658. The molecular weight excluding hydrogens is 119 g/mol. The van der Waals surface area contributed by atoms with Crippen LogP contribution in [0.3, 0.4) is 0 Å². The highest BCUT2D eigenvalue weighted by Gasteiger charge is 2.04. The van der Waals surface area contributed by atoms with Crippen LogP contribution in [0.4, 0.5) is 4.39 Å². The van der Waals surface area contributed by atoms with Gasteiger partial charge in [-0.2, -0.15) is 0 Å². The Labute approximate surface area is 53.8 Å². The molecule has 0 bridgehead atoms. The van der Waals surface area contributed by atoms with Crippen LogP contribution in [-0.4, -0.2) is 7.11 Å². The highest BCUT2D eigenvalue weighted by atomic mass is 19.1. The molecule has 1 nitrogen and oxygen atoms in total. The molecule has 0 spiro atoms. The Balaban J connectivity index is 2.59. The fraction of sp³-hybridized carbons (Fsp3) is 0.286. The van der Waals surface area contributed by atoms with Crippen LogP contribution in [0, 0.1) is 6.42 Å². The zero-order chi connectivity index (χ0) is 6.69. The quantitative estimate of drug-likeness (QED) is 0.523. The summed E-state index contributed by atoms with van der Waals surface area (Å²) in [5.74, 6) is 0.618. The summed E-state index contributed by atoms with van der Waals surface area (Å²) < 4.78 is 17.1. The largest absolute Gasteiger partial charge is 0.501 e. The van der Waals surface area contributed by atoms with Crippen molar-refractivity contribution in [1.29, 1.82) is 0 Å². The first-order valence-electron chi connectivity index (χ1n) is 2.76. The van der Waals surface area contributed by atoms with Gasteiger partial charge in [0.2, 0.25) is 0 Å². The number of rotatable bonds is 1. The first-order chi connectivity index (χ1) is 4.33. The van der Waals surface area contributed by atoms with E-state index in [9.17, 15) is 4.39 Å². The zero-order valence-electron chi connectivity index (χ0n) is 5.23. The SMILES string of the molecule is COC1=CC=C(F)C[CH]1. The van der Waals surface area contributed by atoms with Gasteiger partial charge in [-0.3, -0.25) is 0 Å². The Bertz CT molecular complexity index is 158. The maximum absolute atomic E-state index is 12.2. The Morgan fingerprint density at radius 2 is 2.33 bits per heavy atom. The Morgan fingerprint density at radius 1 is 1.56 bits per heavy atom. The van der Waals surface area contributed by atoms with Crippen molar-refractivity contribution < 1.29 is 9.13 Å². The second-order valence-electron chi connectivity index (χ2n) is 1.79. The summed E-state index contributed by atoms with van der Waals surface area (Å²) in [5, 5.41) is 0. The minimum atomic E-state index is -0.115. The van der Waals surface area contributed by atoms with Crippen molar-refractivity contribution in [2.45, 2.75) is 6.42 Å². The molecule has 1 rings (SSSR count). The van der Waals surface area contributed by atoms with Crippen LogP contribution < -0.4 is 0 Å². The van der Waals surface area contributed by atoms with Gasteiger partial charge in [-0.15, -0.1) is 0 Å². The van der Waals surface area contributed by atoms with Gasteiger partial charge < -0.3 is 4.74 Å². The van der Waals surface area contributed by atoms with Gasteiger partial charge in [-0.1, -0.05) is 0 Å². The molecule has 0 N–H and O–H groups in total. The van der Waals surface area contributed by atoms with Gasteiger partial charge in [-0.05, 0) is 12.2 Å². The monoisotopic (exact) mass is 127 g/mol. The van der Waals surface area contributed by atoms with E-state index in [-0.39, 0.29) is 5.83 Å². The van der Waals surface area contributed by atoms with E-state index in [0.29, 0.717) is 6.42 Å². The van der Waals surface area contributed by atoms with Crippen LogP contribution in [0.25, 0.3) is 0 Å². The lowest BCUT2D eigenvalue weighted by Crippen LogP contribution is -1.92. The molecule has 0 aromatic rings. The first kappa shape index (κ1) is 6.33. The predicted octanol–water partition coefficient (Wildman–Crippen LogP) is 1.98. The molecular formula is C7H8FO. The van der Waals surface area contributed by atoms with Gasteiger partial charge in [0.1, 0.15) is 5.83 Å². The molecule has 1 aliphatic carbocycles. The van der Waals surface area contributed by atoms with E-state index in [4.69, 9.17) is 4.74 Å². The second kappa shape index (κ2) is 2.67. The highest BCUT2D eigenvalue weighted by molar-refractivity contribution is 5.24. The third-order valence-electron chi connectivity index (χ3n) is 1.16. The summed E-state index contributed by atoms with van der Waals surface area (Å²) in [5.41, 5.74) is 0. The van der Waals surface area contributed by atoms with Gasteiger partial charge in [0.15, 0.2) is 0 Å². The Hall–Kier alpha value is -0.790. The number of ether oxygens (including phenoxy) is 1. The Morgan fingerprint density at radius 3 is 2.78 bits per heavy atom. The minimum absolute atomic E-state index is 0.115. The molecule has 9 heavy (non-hydrogen) atoms. The van der Waals surface area contributed by atoms with E-state index >= 15 is 0 Å². The van der Waals surface area contributed by atoms with Crippen molar-refractivity contribution in [3.05, 3.63) is 30.2 Å². The molecule has 0 fully saturated rings. The van der Waals surface area contributed by atoms with Crippen molar-refractivity contribution in [1.82, 2.24) is 0 Å². The maximum Gasteiger partial charge on any atom is 0.101 e. The summed E-state index contributed by atoms with van der Waals surface area (Å²) >= 11 is 0. The van der Waals surface area contributed by atoms with E-state index in [1.165, 1.54) is 6.08 Å². The van der Waals surface area contributed by atoms with Gasteiger partial charge in [0, 0.05) is 12.8 Å². The third-order valence-corrected chi connectivity index (χ3v) is 1.16. The number of methoxy groups -OCH3 is 1. The van der Waals surface area contributed by atoms with Crippen LogP contribution in [0.15, 0.2) is 23.7 Å². The molecule has 0 saturated carbocycles. The first-order valence-corrected chi connectivity index (χ1v) is 2.76. The lowest BCUT2D eigenvalue weighted by Gasteiger charge is -2.06. The summed E-state index contributed by atoms with van der Waals surface area (Å²) in [4.78, 5) is 0. The highest BCUT2D eigenvalue weighted by Crippen LogP contribution is 2.17.